The highest BCUT2D eigenvalue weighted by atomic mass is 35.5. The van der Waals surface area contributed by atoms with E-state index in [4.69, 9.17) is 23.2 Å². The molecule has 1 fully saturated rings. The van der Waals surface area contributed by atoms with Crippen LogP contribution in [0.4, 0.5) is 23.2 Å². The second kappa shape index (κ2) is 10.6. The molecule has 5 rings (SSSR count). The van der Waals surface area contributed by atoms with Gasteiger partial charge in [0.2, 0.25) is 5.91 Å². The van der Waals surface area contributed by atoms with Gasteiger partial charge in [0.25, 0.3) is 5.56 Å². The molecule has 2 heterocycles. The van der Waals surface area contributed by atoms with E-state index in [-0.39, 0.29) is 41.8 Å². The molecule has 1 amide bonds. The summed E-state index contributed by atoms with van der Waals surface area (Å²) in [5.74, 6) is -1.47. The number of aromatic amines is 1. The number of benzene rings is 2. The molecule has 6 nitrogen and oxygen atoms in total. The third kappa shape index (κ3) is 5.88. The van der Waals surface area contributed by atoms with Gasteiger partial charge in [0, 0.05) is 28.8 Å². The van der Waals surface area contributed by atoms with Crippen LogP contribution in [0.5, 0.6) is 0 Å². The number of pyridine rings is 1. The average molecular weight is 585 g/mol. The first kappa shape index (κ1) is 27.7. The Labute approximate surface area is 231 Å². The van der Waals surface area contributed by atoms with Crippen LogP contribution in [0, 0.1) is 11.7 Å². The van der Waals surface area contributed by atoms with Crippen LogP contribution < -0.4 is 16.2 Å². The minimum absolute atomic E-state index is 0.00128. The molecule has 2 aliphatic rings. The smallest absolute Gasteiger partial charge is 0.374 e. The summed E-state index contributed by atoms with van der Waals surface area (Å²) in [6, 6.07) is 5.45. The van der Waals surface area contributed by atoms with Gasteiger partial charge in [0.1, 0.15) is 11.9 Å². The van der Waals surface area contributed by atoms with E-state index in [1.54, 1.807) is 11.0 Å². The van der Waals surface area contributed by atoms with Crippen molar-refractivity contribution in [3.05, 3.63) is 73.4 Å². The van der Waals surface area contributed by atoms with Crippen molar-refractivity contribution < 1.29 is 22.4 Å². The van der Waals surface area contributed by atoms with Crippen LogP contribution in [0.15, 0.2) is 35.1 Å². The van der Waals surface area contributed by atoms with Crippen molar-refractivity contribution in [2.24, 2.45) is 5.92 Å². The molecule has 1 saturated carbocycles. The standard InChI is InChI=1S/C27H26Cl2F4N4O2/c1-13-24-15(6-17(28)9-20(24)29)4-5-37(13)23(38)12-34-22-8-16-7-18(36-26(39)19(16)10-21(22)30)11-35-25(14-2-3-14)27(31,32)33/h6-10,13-14,25,34-35H,2-5,11-12H2,1H3,(H,36,39)/t13-,25-/m0/s1. The Morgan fingerprint density at radius 3 is 2.62 bits per heavy atom. The Bertz CT molecular complexity index is 1490. The van der Waals surface area contributed by atoms with Gasteiger partial charge in [0.05, 0.1) is 23.7 Å². The molecule has 3 aromatic rings. The third-order valence-corrected chi connectivity index (χ3v) is 7.91. The van der Waals surface area contributed by atoms with E-state index < -0.39 is 29.5 Å². The molecular weight excluding hydrogens is 559 g/mol. The van der Waals surface area contributed by atoms with Gasteiger partial charge in [-0.15, -0.1) is 0 Å². The van der Waals surface area contributed by atoms with Crippen molar-refractivity contribution in [2.45, 2.75) is 51.0 Å². The van der Waals surface area contributed by atoms with E-state index in [0.717, 1.165) is 17.2 Å². The number of carbonyl (C=O) groups is 1. The van der Waals surface area contributed by atoms with Crippen molar-refractivity contribution in [1.82, 2.24) is 15.2 Å². The molecule has 2 atom stereocenters. The lowest BCUT2D eigenvalue weighted by molar-refractivity contribution is -0.161. The summed E-state index contributed by atoms with van der Waals surface area (Å²) in [5, 5.41) is 6.70. The minimum atomic E-state index is -4.39. The zero-order chi connectivity index (χ0) is 28.1. The zero-order valence-electron chi connectivity index (χ0n) is 20.9. The van der Waals surface area contributed by atoms with Crippen molar-refractivity contribution in [1.29, 1.82) is 0 Å². The molecule has 0 unspecified atom stereocenters. The normalized spacial score (nSPS) is 18.2. The molecule has 12 heteroatoms. The monoisotopic (exact) mass is 584 g/mol. The number of halogens is 6. The van der Waals surface area contributed by atoms with Crippen LogP contribution in [-0.2, 0) is 17.8 Å². The van der Waals surface area contributed by atoms with Gasteiger partial charge in [-0.2, -0.15) is 13.2 Å². The largest absolute Gasteiger partial charge is 0.404 e. The number of hydrogen-bond donors (Lipinski definition) is 3. The molecule has 0 radical (unpaired) electrons. The second-order valence-electron chi connectivity index (χ2n) is 10.1. The number of amides is 1. The number of H-pyrrole nitrogens is 1. The summed E-state index contributed by atoms with van der Waals surface area (Å²) >= 11 is 12.5. The Kier molecular flexibility index (Phi) is 7.56. The molecular formula is C27H26Cl2F4N4O2. The maximum atomic E-state index is 14.8. The van der Waals surface area contributed by atoms with Crippen LogP contribution in [-0.4, -0.2) is 41.1 Å². The quantitative estimate of drug-likeness (QED) is 0.299. The van der Waals surface area contributed by atoms with E-state index in [2.05, 4.69) is 15.6 Å². The first-order valence-electron chi connectivity index (χ1n) is 12.6. The van der Waals surface area contributed by atoms with Crippen molar-refractivity contribution in [2.75, 3.05) is 18.4 Å². The van der Waals surface area contributed by atoms with Crippen molar-refractivity contribution in [3.8, 4) is 0 Å². The number of alkyl halides is 3. The van der Waals surface area contributed by atoms with Gasteiger partial charge in [-0.1, -0.05) is 23.2 Å². The first-order valence-corrected chi connectivity index (χ1v) is 13.3. The number of anilines is 1. The lowest BCUT2D eigenvalue weighted by Gasteiger charge is -2.36. The Balaban J connectivity index is 1.30. The Hall–Kier alpha value is -2.82. The SMILES string of the molecule is C[C@H]1c2c(Cl)cc(Cl)cc2CCN1C(=O)CNc1cc2cc(CN[C@@H](C3CC3)C(F)(F)F)[nH]c(=O)c2cc1F. The van der Waals surface area contributed by atoms with Gasteiger partial charge in [-0.05, 0) is 78.9 Å². The number of nitrogens with one attached hydrogen (secondary N) is 3. The zero-order valence-corrected chi connectivity index (χ0v) is 22.4. The topological polar surface area (TPSA) is 77.2 Å². The van der Waals surface area contributed by atoms with Gasteiger partial charge >= 0.3 is 6.18 Å². The third-order valence-electron chi connectivity index (χ3n) is 7.38. The number of carbonyl (C=O) groups excluding carboxylic acids is 1. The van der Waals surface area contributed by atoms with Gasteiger partial charge in [-0.3, -0.25) is 9.59 Å². The maximum absolute atomic E-state index is 14.8. The maximum Gasteiger partial charge on any atom is 0.404 e. The van der Waals surface area contributed by atoms with E-state index in [9.17, 15) is 27.2 Å². The molecule has 39 heavy (non-hydrogen) atoms. The number of nitrogens with zero attached hydrogens (tertiary/aromatic N) is 1. The van der Waals surface area contributed by atoms with Crippen LogP contribution in [0.25, 0.3) is 10.8 Å². The Morgan fingerprint density at radius 2 is 1.92 bits per heavy atom. The molecule has 0 bridgehead atoms. The Morgan fingerprint density at radius 1 is 1.18 bits per heavy atom. The van der Waals surface area contributed by atoms with E-state index in [1.165, 1.54) is 12.1 Å². The fraction of sp³-hybridized carbons (Fsp3) is 0.407. The van der Waals surface area contributed by atoms with Crippen LogP contribution in [0.1, 0.15) is 42.6 Å². The molecule has 1 aliphatic carbocycles. The molecule has 2 aromatic carbocycles. The van der Waals surface area contributed by atoms with Gasteiger partial charge in [0.15, 0.2) is 0 Å². The van der Waals surface area contributed by atoms with Crippen molar-refractivity contribution in [3.63, 3.8) is 0 Å². The molecule has 3 N–H and O–H groups in total. The highest BCUT2D eigenvalue weighted by Gasteiger charge is 2.48. The molecule has 1 aliphatic heterocycles. The lowest BCUT2D eigenvalue weighted by atomic mass is 9.93. The summed E-state index contributed by atoms with van der Waals surface area (Å²) in [7, 11) is 0. The molecule has 1 aromatic heterocycles. The van der Waals surface area contributed by atoms with Crippen molar-refractivity contribution >= 4 is 45.6 Å². The molecule has 0 spiro atoms. The van der Waals surface area contributed by atoms with E-state index in [0.29, 0.717) is 41.2 Å². The number of fused-ring (bicyclic) bond motifs is 2. The molecule has 0 saturated heterocycles. The van der Waals surface area contributed by atoms with Gasteiger partial charge < -0.3 is 20.5 Å². The second-order valence-corrected chi connectivity index (χ2v) is 11.0. The highest BCUT2D eigenvalue weighted by Crippen LogP contribution is 2.40. The number of rotatable bonds is 7. The fourth-order valence-corrected chi connectivity index (χ4v) is 5.98. The summed E-state index contributed by atoms with van der Waals surface area (Å²) in [4.78, 5) is 29.8. The first-order chi connectivity index (χ1) is 18.4. The summed E-state index contributed by atoms with van der Waals surface area (Å²) in [6.07, 6.45) is -2.81. The van der Waals surface area contributed by atoms with E-state index in [1.807, 2.05) is 13.0 Å². The molecule has 208 valence electrons. The van der Waals surface area contributed by atoms with Crippen LogP contribution in [0.3, 0.4) is 0 Å². The van der Waals surface area contributed by atoms with E-state index >= 15 is 0 Å². The summed E-state index contributed by atoms with van der Waals surface area (Å²) in [6.45, 7) is 1.89. The fourth-order valence-electron chi connectivity index (χ4n) is 5.29. The number of hydrogen-bond acceptors (Lipinski definition) is 4. The summed E-state index contributed by atoms with van der Waals surface area (Å²) in [5.41, 5.74) is 1.44. The minimum Gasteiger partial charge on any atom is -0.374 e. The number of aromatic nitrogens is 1. The predicted molar refractivity (Wildman–Crippen MR) is 143 cm³/mol. The lowest BCUT2D eigenvalue weighted by Crippen LogP contribution is -2.43. The van der Waals surface area contributed by atoms with Crippen LogP contribution in [0.2, 0.25) is 10.0 Å². The predicted octanol–water partition coefficient (Wildman–Crippen LogP) is 5.96. The summed E-state index contributed by atoms with van der Waals surface area (Å²) < 4.78 is 54.8. The highest BCUT2D eigenvalue weighted by molar-refractivity contribution is 6.35. The van der Waals surface area contributed by atoms with Gasteiger partial charge in [-0.25, -0.2) is 4.39 Å². The average Bonchev–Trinajstić information content (AvgIpc) is 3.67. The van der Waals surface area contributed by atoms with Crippen LogP contribution >= 0.6 is 23.2 Å².